The van der Waals surface area contributed by atoms with Crippen molar-refractivity contribution in [1.82, 2.24) is 0 Å². The molecule has 0 N–H and O–H groups in total. The molecule has 1 rings (SSSR count). The highest BCUT2D eigenvalue weighted by Gasteiger charge is 2.30. The minimum atomic E-state index is -4.32. The molecule has 0 amide bonds. The maximum Gasteiger partial charge on any atom is 0.416 e. The first-order valence-electron chi connectivity index (χ1n) is 4.08. The van der Waals surface area contributed by atoms with E-state index in [2.05, 4.69) is 0 Å². The van der Waals surface area contributed by atoms with Crippen molar-refractivity contribution >= 4 is 15.7 Å². The summed E-state index contributed by atoms with van der Waals surface area (Å²) in [5, 5.41) is 0. The largest absolute Gasteiger partial charge is 0.416 e. The lowest BCUT2D eigenvalue weighted by Gasteiger charge is -2.11. The molecule has 0 aliphatic rings. The standard InChI is InChI=1S/C9H7B2F3/c10-4-6-1-2-8(9(12,13)14)3-7(6)5-11/h1-3H,4-5H2. The lowest BCUT2D eigenvalue weighted by molar-refractivity contribution is -0.137. The summed E-state index contributed by atoms with van der Waals surface area (Å²) in [6, 6.07) is 3.43. The fourth-order valence-corrected chi connectivity index (χ4v) is 1.19. The van der Waals surface area contributed by atoms with Gasteiger partial charge in [0, 0.05) is 0 Å². The number of hydrogen-bond acceptors (Lipinski definition) is 0. The van der Waals surface area contributed by atoms with E-state index in [1.165, 1.54) is 6.07 Å². The van der Waals surface area contributed by atoms with Crippen molar-refractivity contribution in [2.75, 3.05) is 0 Å². The van der Waals surface area contributed by atoms with Crippen molar-refractivity contribution in [2.24, 2.45) is 0 Å². The van der Waals surface area contributed by atoms with Crippen LogP contribution >= 0.6 is 0 Å². The zero-order chi connectivity index (χ0) is 10.8. The van der Waals surface area contributed by atoms with Crippen molar-refractivity contribution in [1.29, 1.82) is 0 Å². The van der Waals surface area contributed by atoms with E-state index < -0.39 is 11.7 Å². The Morgan fingerprint density at radius 2 is 1.57 bits per heavy atom. The Morgan fingerprint density at radius 1 is 1.00 bits per heavy atom. The Kier molecular flexibility index (Phi) is 3.29. The summed E-state index contributed by atoms with van der Waals surface area (Å²) >= 11 is 0. The highest BCUT2D eigenvalue weighted by atomic mass is 19.4. The normalized spacial score (nSPS) is 11.6. The minimum Gasteiger partial charge on any atom is -0.166 e. The summed E-state index contributed by atoms with van der Waals surface area (Å²) in [6.45, 7) is 0. The molecule has 4 radical (unpaired) electrons. The Balaban J connectivity index is 3.14. The van der Waals surface area contributed by atoms with Crippen molar-refractivity contribution in [2.45, 2.75) is 18.8 Å². The molecule has 0 aromatic heterocycles. The van der Waals surface area contributed by atoms with Crippen molar-refractivity contribution in [3.8, 4) is 0 Å². The first kappa shape index (κ1) is 11.2. The van der Waals surface area contributed by atoms with Crippen LogP contribution in [0.2, 0.25) is 0 Å². The van der Waals surface area contributed by atoms with Crippen molar-refractivity contribution in [3.05, 3.63) is 34.9 Å². The van der Waals surface area contributed by atoms with E-state index in [9.17, 15) is 13.2 Å². The molecule has 0 nitrogen and oxygen atoms in total. The highest BCUT2D eigenvalue weighted by Crippen LogP contribution is 2.30. The SMILES string of the molecule is [B]Cc1ccc(C(F)(F)F)cc1C[B]. The Hall–Kier alpha value is -0.860. The molecule has 0 aliphatic heterocycles. The van der Waals surface area contributed by atoms with E-state index in [0.29, 0.717) is 11.1 Å². The summed E-state index contributed by atoms with van der Waals surface area (Å²) < 4.78 is 36.8. The van der Waals surface area contributed by atoms with E-state index in [-0.39, 0.29) is 12.6 Å². The van der Waals surface area contributed by atoms with Crippen LogP contribution in [0.15, 0.2) is 18.2 Å². The van der Waals surface area contributed by atoms with Crippen LogP contribution in [-0.2, 0) is 18.8 Å². The third-order valence-electron chi connectivity index (χ3n) is 1.97. The second-order valence-electron chi connectivity index (χ2n) is 2.89. The van der Waals surface area contributed by atoms with Crippen LogP contribution in [-0.4, -0.2) is 15.7 Å². The average molecular weight is 194 g/mol. The van der Waals surface area contributed by atoms with E-state index in [0.717, 1.165) is 12.1 Å². The van der Waals surface area contributed by atoms with Gasteiger partial charge < -0.3 is 0 Å². The van der Waals surface area contributed by atoms with Crippen LogP contribution in [0.4, 0.5) is 13.2 Å². The molecule has 0 heterocycles. The van der Waals surface area contributed by atoms with Crippen molar-refractivity contribution < 1.29 is 13.2 Å². The van der Waals surface area contributed by atoms with Gasteiger partial charge in [-0.25, -0.2) is 0 Å². The minimum absolute atomic E-state index is 0.0659. The Bertz CT molecular complexity index is 320. The van der Waals surface area contributed by atoms with Gasteiger partial charge in [-0.1, -0.05) is 29.8 Å². The number of halogens is 3. The molecular weight excluding hydrogens is 187 g/mol. The van der Waals surface area contributed by atoms with E-state index in [1.807, 2.05) is 0 Å². The molecule has 70 valence electrons. The lowest BCUT2D eigenvalue weighted by Crippen LogP contribution is -2.07. The second kappa shape index (κ2) is 4.11. The Morgan fingerprint density at radius 3 is 2.00 bits per heavy atom. The average Bonchev–Trinajstić information content (AvgIpc) is 2.15. The van der Waals surface area contributed by atoms with Gasteiger partial charge in [-0.2, -0.15) is 13.2 Å². The van der Waals surface area contributed by atoms with Gasteiger partial charge >= 0.3 is 6.18 Å². The summed E-state index contributed by atoms with van der Waals surface area (Å²) in [7, 11) is 10.7. The predicted molar refractivity (Wildman–Crippen MR) is 50.4 cm³/mol. The van der Waals surface area contributed by atoms with Gasteiger partial charge in [0.15, 0.2) is 0 Å². The third-order valence-corrected chi connectivity index (χ3v) is 1.97. The molecule has 0 aliphatic carbocycles. The van der Waals surface area contributed by atoms with E-state index in [4.69, 9.17) is 15.7 Å². The van der Waals surface area contributed by atoms with Gasteiger partial charge in [0.05, 0.1) is 21.3 Å². The first-order valence-corrected chi connectivity index (χ1v) is 4.08. The van der Waals surface area contributed by atoms with E-state index in [1.54, 1.807) is 0 Å². The quantitative estimate of drug-likeness (QED) is 0.631. The van der Waals surface area contributed by atoms with Crippen molar-refractivity contribution in [3.63, 3.8) is 0 Å². The fraction of sp³-hybridized carbons (Fsp3) is 0.333. The molecule has 5 heteroatoms. The zero-order valence-corrected chi connectivity index (χ0v) is 7.43. The maximum absolute atomic E-state index is 12.3. The van der Waals surface area contributed by atoms with Gasteiger partial charge in [-0.05, 0) is 12.1 Å². The number of rotatable bonds is 2. The van der Waals surface area contributed by atoms with Crippen LogP contribution < -0.4 is 0 Å². The van der Waals surface area contributed by atoms with Gasteiger partial charge in [0.25, 0.3) is 0 Å². The summed E-state index contributed by atoms with van der Waals surface area (Å²) in [5.74, 6) is 0. The predicted octanol–water partition coefficient (Wildman–Crippen LogP) is 2.04. The molecule has 1 aromatic rings. The third kappa shape index (κ3) is 2.34. The van der Waals surface area contributed by atoms with Crippen LogP contribution in [0.25, 0.3) is 0 Å². The number of benzene rings is 1. The first-order chi connectivity index (χ1) is 6.49. The smallest absolute Gasteiger partial charge is 0.166 e. The maximum atomic E-state index is 12.3. The van der Waals surface area contributed by atoms with Crippen LogP contribution in [0.5, 0.6) is 0 Å². The van der Waals surface area contributed by atoms with Gasteiger partial charge in [0.2, 0.25) is 0 Å². The molecule has 0 saturated heterocycles. The van der Waals surface area contributed by atoms with E-state index >= 15 is 0 Å². The molecule has 0 atom stereocenters. The van der Waals surface area contributed by atoms with Gasteiger partial charge in [-0.15, -0.1) is 0 Å². The second-order valence-corrected chi connectivity index (χ2v) is 2.89. The summed E-state index contributed by atoms with van der Waals surface area (Å²) in [4.78, 5) is 0. The molecule has 0 spiro atoms. The highest BCUT2D eigenvalue weighted by molar-refractivity contribution is 6.10. The lowest BCUT2D eigenvalue weighted by atomic mass is 9.86. The molecule has 0 fully saturated rings. The van der Waals surface area contributed by atoms with Gasteiger partial charge in [0.1, 0.15) is 0 Å². The molecule has 0 bridgehead atoms. The monoisotopic (exact) mass is 194 g/mol. The van der Waals surface area contributed by atoms with Crippen LogP contribution in [0.1, 0.15) is 16.7 Å². The molecule has 1 aromatic carbocycles. The van der Waals surface area contributed by atoms with Gasteiger partial charge in [-0.3, -0.25) is 0 Å². The number of alkyl halides is 3. The molecule has 14 heavy (non-hydrogen) atoms. The van der Waals surface area contributed by atoms with Crippen LogP contribution in [0, 0.1) is 0 Å². The summed E-state index contributed by atoms with van der Waals surface area (Å²) in [5.41, 5.74) is 0.415. The Labute approximate surface area is 83.3 Å². The molecular formula is C9H7B2F3. The molecule has 0 unspecified atom stereocenters. The fourth-order valence-electron chi connectivity index (χ4n) is 1.19. The molecule has 0 saturated carbocycles. The summed E-state index contributed by atoms with van der Waals surface area (Å²) in [6.07, 6.45) is -4.06. The number of hydrogen-bond donors (Lipinski definition) is 0. The zero-order valence-electron chi connectivity index (χ0n) is 7.43. The van der Waals surface area contributed by atoms with Crippen LogP contribution in [0.3, 0.4) is 0 Å². The topological polar surface area (TPSA) is 0 Å².